The number of rotatable bonds is 4. The van der Waals surface area contributed by atoms with E-state index in [1.54, 1.807) is 0 Å². The second-order valence-electron chi connectivity index (χ2n) is 6.60. The Labute approximate surface area is 129 Å². The molecule has 1 aromatic heterocycles. The van der Waals surface area contributed by atoms with E-state index in [-0.39, 0.29) is 29.8 Å². The third-order valence-electron chi connectivity index (χ3n) is 5.02. The van der Waals surface area contributed by atoms with Gasteiger partial charge in [0, 0.05) is 12.0 Å². The lowest BCUT2D eigenvalue weighted by molar-refractivity contribution is -0.148. The van der Waals surface area contributed by atoms with Crippen LogP contribution >= 0.6 is 0 Å². The Kier molecular flexibility index (Phi) is 3.93. The van der Waals surface area contributed by atoms with Crippen LogP contribution < -0.4 is 5.32 Å². The highest BCUT2D eigenvalue weighted by Crippen LogP contribution is 2.49. The number of methoxy groups -OCH3 is 1. The minimum atomic E-state index is -0.260. The first-order valence-corrected chi connectivity index (χ1v) is 7.85. The minimum Gasteiger partial charge on any atom is -0.469 e. The molecule has 2 fully saturated rings. The summed E-state index contributed by atoms with van der Waals surface area (Å²) in [5.41, 5.74) is 0.321. The van der Waals surface area contributed by atoms with Crippen molar-refractivity contribution in [1.29, 1.82) is 0 Å². The molecule has 6 nitrogen and oxygen atoms in total. The molecule has 1 N–H and O–H groups in total. The van der Waals surface area contributed by atoms with Crippen LogP contribution in [-0.4, -0.2) is 30.0 Å². The van der Waals surface area contributed by atoms with Crippen LogP contribution in [0.5, 0.6) is 0 Å². The molecule has 1 amide bonds. The average Bonchev–Trinajstić information content (AvgIpc) is 3.21. The molecular weight excluding hydrogens is 284 g/mol. The maximum absolute atomic E-state index is 12.5. The maximum Gasteiger partial charge on any atom is 0.311 e. The van der Waals surface area contributed by atoms with Crippen molar-refractivity contribution in [2.75, 3.05) is 7.11 Å². The summed E-state index contributed by atoms with van der Waals surface area (Å²) in [4.78, 5) is 28.6. The van der Waals surface area contributed by atoms with Crippen molar-refractivity contribution in [3.05, 3.63) is 17.8 Å². The Morgan fingerprint density at radius 3 is 2.77 bits per heavy atom. The molecule has 0 aromatic carbocycles. The molecule has 0 radical (unpaired) electrons. The van der Waals surface area contributed by atoms with Gasteiger partial charge in [0.25, 0.3) is 5.91 Å². The summed E-state index contributed by atoms with van der Waals surface area (Å²) >= 11 is 0. The van der Waals surface area contributed by atoms with Gasteiger partial charge in [-0.2, -0.15) is 0 Å². The quantitative estimate of drug-likeness (QED) is 0.862. The normalized spacial score (nSPS) is 29.8. The standard InChI is InChI=1S/C16H22N2O4/c1-8(2)14-13(17-7-22-14)15(19)18-12-10-5-4-9(6-10)11(12)16(20)21-3/h7-12H,4-6H2,1-3H3,(H,18,19)/t9-,10-,11-,12-/m0/s1. The number of fused-ring (bicyclic) bond motifs is 2. The number of aromatic nitrogens is 1. The fourth-order valence-corrected chi connectivity index (χ4v) is 4.03. The van der Waals surface area contributed by atoms with Gasteiger partial charge in [-0.05, 0) is 31.1 Å². The Morgan fingerprint density at radius 1 is 1.36 bits per heavy atom. The van der Waals surface area contributed by atoms with Gasteiger partial charge in [-0.25, -0.2) is 4.98 Å². The van der Waals surface area contributed by atoms with Gasteiger partial charge >= 0.3 is 5.97 Å². The maximum atomic E-state index is 12.5. The molecule has 2 saturated carbocycles. The topological polar surface area (TPSA) is 81.4 Å². The van der Waals surface area contributed by atoms with E-state index < -0.39 is 0 Å². The average molecular weight is 306 g/mol. The Bertz CT molecular complexity index is 580. The fraction of sp³-hybridized carbons (Fsp3) is 0.688. The molecule has 22 heavy (non-hydrogen) atoms. The van der Waals surface area contributed by atoms with Crippen molar-refractivity contribution in [2.24, 2.45) is 17.8 Å². The zero-order chi connectivity index (χ0) is 15.9. The molecule has 1 heterocycles. The lowest BCUT2D eigenvalue weighted by Gasteiger charge is -2.29. The second kappa shape index (κ2) is 5.74. The summed E-state index contributed by atoms with van der Waals surface area (Å²) in [6, 6.07) is -0.157. The third-order valence-corrected chi connectivity index (χ3v) is 5.02. The van der Waals surface area contributed by atoms with Gasteiger partial charge in [-0.1, -0.05) is 13.8 Å². The van der Waals surface area contributed by atoms with E-state index >= 15 is 0 Å². The van der Waals surface area contributed by atoms with Crippen LogP contribution in [0.4, 0.5) is 0 Å². The first kappa shape index (κ1) is 15.1. The van der Waals surface area contributed by atoms with Crippen molar-refractivity contribution in [2.45, 2.75) is 45.1 Å². The molecular formula is C16H22N2O4. The molecule has 1 aromatic rings. The van der Waals surface area contributed by atoms with E-state index in [0.29, 0.717) is 23.3 Å². The molecule has 2 aliphatic carbocycles. The SMILES string of the molecule is COC(=O)[C@H]1[C@H]2CC[C@@H](C2)[C@@H]1NC(=O)c1ncoc1C(C)C. The highest BCUT2D eigenvalue weighted by Gasteiger charge is 2.52. The zero-order valence-electron chi connectivity index (χ0n) is 13.2. The molecule has 2 bridgehead atoms. The number of nitrogens with one attached hydrogen (secondary N) is 1. The number of oxazole rings is 1. The minimum absolute atomic E-state index is 0.0830. The molecule has 3 rings (SSSR count). The van der Waals surface area contributed by atoms with Crippen LogP contribution in [0.15, 0.2) is 10.8 Å². The number of carbonyl (C=O) groups is 2. The first-order chi connectivity index (χ1) is 10.5. The lowest BCUT2D eigenvalue weighted by Crippen LogP contribution is -2.47. The van der Waals surface area contributed by atoms with E-state index in [1.807, 2.05) is 13.8 Å². The van der Waals surface area contributed by atoms with E-state index in [4.69, 9.17) is 9.15 Å². The van der Waals surface area contributed by atoms with Crippen LogP contribution in [0.25, 0.3) is 0 Å². The molecule has 120 valence electrons. The number of amides is 1. The summed E-state index contributed by atoms with van der Waals surface area (Å²) in [6.07, 6.45) is 4.38. The third kappa shape index (κ3) is 2.40. The highest BCUT2D eigenvalue weighted by atomic mass is 16.5. The monoisotopic (exact) mass is 306 g/mol. The van der Waals surface area contributed by atoms with Gasteiger partial charge in [-0.3, -0.25) is 9.59 Å². The predicted octanol–water partition coefficient (Wildman–Crippen LogP) is 2.12. The van der Waals surface area contributed by atoms with Gasteiger partial charge in [0.15, 0.2) is 12.1 Å². The summed E-state index contributed by atoms with van der Waals surface area (Å²) in [6.45, 7) is 3.90. The molecule has 0 unspecified atom stereocenters. The summed E-state index contributed by atoms with van der Waals surface area (Å²) in [5, 5.41) is 3.01. The number of nitrogens with zero attached hydrogens (tertiary/aromatic N) is 1. The second-order valence-corrected chi connectivity index (χ2v) is 6.60. The van der Waals surface area contributed by atoms with Crippen LogP contribution in [0.2, 0.25) is 0 Å². The molecule has 6 heteroatoms. The summed E-state index contributed by atoms with van der Waals surface area (Å²) in [7, 11) is 1.40. The van der Waals surface area contributed by atoms with Gasteiger partial charge in [-0.15, -0.1) is 0 Å². The van der Waals surface area contributed by atoms with E-state index in [0.717, 1.165) is 19.3 Å². The molecule has 2 aliphatic rings. The van der Waals surface area contributed by atoms with Crippen LogP contribution in [-0.2, 0) is 9.53 Å². The number of esters is 1. The van der Waals surface area contributed by atoms with Gasteiger partial charge < -0.3 is 14.5 Å². The van der Waals surface area contributed by atoms with Crippen LogP contribution in [0.3, 0.4) is 0 Å². The number of hydrogen-bond acceptors (Lipinski definition) is 5. The van der Waals surface area contributed by atoms with Crippen molar-refractivity contribution in [3.8, 4) is 0 Å². The van der Waals surface area contributed by atoms with Crippen molar-refractivity contribution < 1.29 is 18.7 Å². The van der Waals surface area contributed by atoms with Crippen molar-refractivity contribution in [1.82, 2.24) is 10.3 Å². The zero-order valence-corrected chi connectivity index (χ0v) is 13.2. The number of hydrogen-bond donors (Lipinski definition) is 1. The summed E-state index contributed by atoms with van der Waals surface area (Å²) in [5.74, 6) is 0.625. The number of carbonyl (C=O) groups excluding carboxylic acids is 2. The largest absolute Gasteiger partial charge is 0.469 e. The van der Waals surface area contributed by atoms with Gasteiger partial charge in [0.1, 0.15) is 5.76 Å². The van der Waals surface area contributed by atoms with Crippen molar-refractivity contribution in [3.63, 3.8) is 0 Å². The lowest BCUT2D eigenvalue weighted by atomic mass is 9.84. The predicted molar refractivity (Wildman–Crippen MR) is 78.2 cm³/mol. The summed E-state index contributed by atoms with van der Waals surface area (Å²) < 4.78 is 10.2. The molecule has 4 atom stereocenters. The Morgan fingerprint density at radius 2 is 2.09 bits per heavy atom. The Hall–Kier alpha value is -1.85. The first-order valence-electron chi connectivity index (χ1n) is 7.85. The fourth-order valence-electron chi connectivity index (χ4n) is 4.03. The van der Waals surface area contributed by atoms with E-state index in [9.17, 15) is 9.59 Å². The van der Waals surface area contributed by atoms with E-state index in [1.165, 1.54) is 13.5 Å². The van der Waals surface area contributed by atoms with Crippen molar-refractivity contribution >= 4 is 11.9 Å². The molecule has 0 spiro atoms. The highest BCUT2D eigenvalue weighted by molar-refractivity contribution is 5.94. The molecule has 0 aliphatic heterocycles. The smallest absolute Gasteiger partial charge is 0.311 e. The molecule has 0 saturated heterocycles. The van der Waals surface area contributed by atoms with Crippen LogP contribution in [0.1, 0.15) is 55.3 Å². The van der Waals surface area contributed by atoms with Gasteiger partial charge in [0.2, 0.25) is 0 Å². The number of ether oxygens (including phenoxy) is 1. The van der Waals surface area contributed by atoms with Crippen LogP contribution in [0, 0.1) is 17.8 Å². The van der Waals surface area contributed by atoms with Gasteiger partial charge in [0.05, 0.1) is 13.0 Å². The Balaban J connectivity index is 1.78. The van der Waals surface area contributed by atoms with E-state index in [2.05, 4.69) is 10.3 Å².